The molecule has 0 fully saturated rings. The van der Waals surface area contributed by atoms with Crippen LogP contribution in [0, 0.1) is 6.07 Å². The van der Waals surface area contributed by atoms with E-state index in [4.69, 9.17) is 12.2 Å². The summed E-state index contributed by atoms with van der Waals surface area (Å²) in [5.74, 6) is 0. The van der Waals surface area contributed by atoms with Gasteiger partial charge in [-0.15, -0.1) is 0 Å². The molecule has 0 aliphatic carbocycles. The molecular weight excluding hydrogens is 128 g/mol. The van der Waals surface area contributed by atoms with Crippen LogP contribution < -0.4 is 0 Å². The van der Waals surface area contributed by atoms with Crippen molar-refractivity contribution in [1.29, 1.82) is 0 Å². The van der Waals surface area contributed by atoms with Crippen LogP contribution in [-0.2, 0) is 6.42 Å². The molecule has 1 radical (unpaired) electrons. The molecule has 0 N–H and O–H groups in total. The Morgan fingerprint density at radius 3 is 2.67 bits per heavy atom. The predicted octanol–water partition coefficient (Wildman–Crippen LogP) is 2.03. The van der Waals surface area contributed by atoms with Crippen LogP contribution in [-0.4, -0.2) is 5.37 Å². The summed E-state index contributed by atoms with van der Waals surface area (Å²) in [5.41, 5.74) is 1.25. The van der Waals surface area contributed by atoms with Crippen LogP contribution in [0.15, 0.2) is 24.3 Å². The van der Waals surface area contributed by atoms with Crippen LogP contribution in [0.5, 0.6) is 0 Å². The molecule has 0 aromatic heterocycles. The number of thiocarbonyl (C=S) groups is 1. The highest BCUT2D eigenvalue weighted by Gasteiger charge is 1.83. The van der Waals surface area contributed by atoms with E-state index in [9.17, 15) is 0 Å². The molecule has 0 aliphatic rings. The molecule has 45 valence electrons. The lowest BCUT2D eigenvalue weighted by Gasteiger charge is -1.90. The summed E-state index contributed by atoms with van der Waals surface area (Å²) in [7, 11) is 0. The van der Waals surface area contributed by atoms with Gasteiger partial charge in [-0.05, 0) is 17.0 Å². The van der Waals surface area contributed by atoms with Gasteiger partial charge in [-0.1, -0.05) is 36.5 Å². The summed E-state index contributed by atoms with van der Waals surface area (Å²) >= 11 is 4.70. The Labute approximate surface area is 60.5 Å². The highest BCUT2D eigenvalue weighted by molar-refractivity contribution is 7.78. The molecule has 0 saturated heterocycles. The van der Waals surface area contributed by atoms with Gasteiger partial charge in [0.1, 0.15) is 0 Å². The second-order valence-corrected chi connectivity index (χ2v) is 2.11. The van der Waals surface area contributed by atoms with Gasteiger partial charge in [0.25, 0.3) is 0 Å². The van der Waals surface area contributed by atoms with Crippen molar-refractivity contribution in [2.45, 2.75) is 6.42 Å². The van der Waals surface area contributed by atoms with Crippen LogP contribution in [0.25, 0.3) is 0 Å². The van der Waals surface area contributed by atoms with Gasteiger partial charge in [-0.25, -0.2) is 0 Å². The fraction of sp³-hybridized carbons (Fsp3) is 0.125. The Bertz CT molecular complexity index is 179. The maximum absolute atomic E-state index is 4.70. The first-order valence-electron chi connectivity index (χ1n) is 2.82. The molecule has 0 unspecified atom stereocenters. The summed E-state index contributed by atoms with van der Waals surface area (Å²) in [5, 5.41) is 1.73. The first-order valence-corrected chi connectivity index (χ1v) is 3.29. The van der Waals surface area contributed by atoms with E-state index >= 15 is 0 Å². The van der Waals surface area contributed by atoms with Gasteiger partial charge in [0, 0.05) is 6.42 Å². The van der Waals surface area contributed by atoms with Crippen molar-refractivity contribution in [3.63, 3.8) is 0 Å². The Kier molecular flexibility index (Phi) is 2.40. The molecule has 0 nitrogen and oxygen atoms in total. The standard InChI is InChI=1S/C8H7S/c9-7-6-8-4-2-1-3-5-8/h2-5,7H,6H2. The third-order valence-electron chi connectivity index (χ3n) is 1.11. The van der Waals surface area contributed by atoms with Gasteiger partial charge in [0.05, 0.1) is 0 Å². The van der Waals surface area contributed by atoms with E-state index < -0.39 is 0 Å². The number of hydrogen-bond acceptors (Lipinski definition) is 1. The highest BCUT2D eigenvalue weighted by atomic mass is 32.1. The van der Waals surface area contributed by atoms with Crippen molar-refractivity contribution in [2.24, 2.45) is 0 Å². The van der Waals surface area contributed by atoms with Gasteiger partial charge >= 0.3 is 0 Å². The molecule has 1 rings (SSSR count). The van der Waals surface area contributed by atoms with E-state index in [1.807, 2.05) is 24.3 Å². The summed E-state index contributed by atoms with van der Waals surface area (Å²) in [6, 6.07) is 10.8. The predicted molar refractivity (Wildman–Crippen MR) is 42.6 cm³/mol. The molecule has 1 aromatic carbocycles. The normalized spacial score (nSPS) is 8.89. The average molecular weight is 135 g/mol. The zero-order valence-corrected chi connectivity index (χ0v) is 5.82. The van der Waals surface area contributed by atoms with E-state index in [2.05, 4.69) is 6.07 Å². The molecule has 0 bridgehead atoms. The molecule has 1 aromatic rings. The van der Waals surface area contributed by atoms with Crippen molar-refractivity contribution in [3.8, 4) is 0 Å². The SMILES string of the molecule is S=CCc1cc[c]cc1. The first-order chi connectivity index (χ1) is 4.43. The summed E-state index contributed by atoms with van der Waals surface area (Å²) in [4.78, 5) is 0. The molecule has 0 amide bonds. The van der Waals surface area contributed by atoms with E-state index in [0.717, 1.165) is 6.42 Å². The van der Waals surface area contributed by atoms with Gasteiger partial charge in [-0.3, -0.25) is 0 Å². The van der Waals surface area contributed by atoms with Crippen LogP contribution >= 0.6 is 12.2 Å². The van der Waals surface area contributed by atoms with E-state index in [1.54, 1.807) is 5.37 Å². The summed E-state index contributed by atoms with van der Waals surface area (Å²) < 4.78 is 0. The fourth-order valence-electron chi connectivity index (χ4n) is 0.654. The quantitative estimate of drug-likeness (QED) is 0.559. The van der Waals surface area contributed by atoms with Crippen LogP contribution in [0.3, 0.4) is 0 Å². The van der Waals surface area contributed by atoms with E-state index in [1.165, 1.54) is 5.56 Å². The molecular formula is C8H7S. The topological polar surface area (TPSA) is 0 Å². The van der Waals surface area contributed by atoms with Crippen molar-refractivity contribution in [3.05, 3.63) is 35.9 Å². The maximum atomic E-state index is 4.70. The number of rotatable bonds is 2. The van der Waals surface area contributed by atoms with Crippen LogP contribution in [0.1, 0.15) is 5.56 Å². The summed E-state index contributed by atoms with van der Waals surface area (Å²) in [6.07, 6.45) is 0.879. The van der Waals surface area contributed by atoms with Crippen LogP contribution in [0.4, 0.5) is 0 Å². The lowest BCUT2D eigenvalue weighted by molar-refractivity contribution is 1.38. The number of benzene rings is 1. The van der Waals surface area contributed by atoms with Gasteiger partial charge in [-0.2, -0.15) is 0 Å². The minimum absolute atomic E-state index is 0.879. The average Bonchev–Trinajstić information content (AvgIpc) is 1.91. The van der Waals surface area contributed by atoms with Gasteiger partial charge in [0.2, 0.25) is 0 Å². The summed E-state index contributed by atoms with van der Waals surface area (Å²) in [6.45, 7) is 0. The van der Waals surface area contributed by atoms with Crippen molar-refractivity contribution < 1.29 is 0 Å². The van der Waals surface area contributed by atoms with Crippen molar-refractivity contribution in [1.82, 2.24) is 0 Å². The Balaban J connectivity index is 2.72. The number of hydrogen-bond donors (Lipinski definition) is 0. The smallest absolute Gasteiger partial charge is 0.000775 e. The molecule has 0 heterocycles. The molecule has 1 heteroatoms. The second-order valence-electron chi connectivity index (χ2n) is 1.78. The Morgan fingerprint density at radius 1 is 1.44 bits per heavy atom. The molecule has 0 aliphatic heterocycles. The van der Waals surface area contributed by atoms with Gasteiger partial charge in [0.15, 0.2) is 0 Å². The first kappa shape index (κ1) is 6.43. The third kappa shape index (κ3) is 1.94. The van der Waals surface area contributed by atoms with Gasteiger partial charge < -0.3 is 0 Å². The van der Waals surface area contributed by atoms with E-state index in [-0.39, 0.29) is 0 Å². The van der Waals surface area contributed by atoms with Crippen molar-refractivity contribution in [2.75, 3.05) is 0 Å². The lowest BCUT2D eigenvalue weighted by atomic mass is 10.2. The maximum Gasteiger partial charge on any atom is 0.000775 e. The molecule has 9 heavy (non-hydrogen) atoms. The molecule has 0 atom stereocenters. The second kappa shape index (κ2) is 3.36. The zero-order chi connectivity index (χ0) is 6.53. The molecule has 0 spiro atoms. The minimum atomic E-state index is 0.879. The Hall–Kier alpha value is -0.690. The zero-order valence-electron chi connectivity index (χ0n) is 5.00. The fourth-order valence-corrected chi connectivity index (χ4v) is 0.846. The molecule has 0 saturated carbocycles. The third-order valence-corrected chi connectivity index (χ3v) is 1.27. The Morgan fingerprint density at radius 2 is 2.11 bits per heavy atom. The minimum Gasteiger partial charge on any atom is -0.0931 e. The van der Waals surface area contributed by atoms with Crippen LogP contribution in [0.2, 0.25) is 0 Å². The largest absolute Gasteiger partial charge is 0.0931 e. The van der Waals surface area contributed by atoms with E-state index in [0.29, 0.717) is 0 Å². The monoisotopic (exact) mass is 135 g/mol. The lowest BCUT2D eigenvalue weighted by Crippen LogP contribution is -1.80. The van der Waals surface area contributed by atoms with Crippen molar-refractivity contribution >= 4 is 17.6 Å². The highest BCUT2D eigenvalue weighted by Crippen LogP contribution is 1.96.